The predicted molar refractivity (Wildman–Crippen MR) is 145 cm³/mol. The summed E-state index contributed by atoms with van der Waals surface area (Å²) in [6.07, 6.45) is 1.86. The topological polar surface area (TPSA) is 102 Å². The molecular weight excluding hydrogens is 480 g/mol. The summed E-state index contributed by atoms with van der Waals surface area (Å²) in [4.78, 5) is 28.5. The van der Waals surface area contributed by atoms with Crippen molar-refractivity contribution < 1.29 is 23.8 Å². The fourth-order valence-electron chi connectivity index (χ4n) is 4.14. The smallest absolute Gasteiger partial charge is 0.303 e. The summed E-state index contributed by atoms with van der Waals surface area (Å²) in [6.45, 7) is 4.62. The first-order valence-corrected chi connectivity index (χ1v) is 12.8. The first kappa shape index (κ1) is 26.7. The van der Waals surface area contributed by atoms with Crippen LogP contribution in [0.15, 0.2) is 77.2 Å². The number of carboxylic acids is 1. The highest BCUT2D eigenvalue weighted by Crippen LogP contribution is 2.23. The van der Waals surface area contributed by atoms with E-state index < -0.39 is 5.97 Å². The molecule has 3 aromatic carbocycles. The summed E-state index contributed by atoms with van der Waals surface area (Å²) >= 11 is 0. The number of aromatic nitrogens is 1. The molecule has 0 aliphatic heterocycles. The lowest BCUT2D eigenvalue weighted by atomic mass is 10.0. The van der Waals surface area contributed by atoms with E-state index in [9.17, 15) is 9.59 Å². The van der Waals surface area contributed by atoms with Crippen LogP contribution in [0.5, 0.6) is 5.75 Å². The molecule has 7 nitrogen and oxygen atoms in total. The molecule has 2 N–H and O–H groups in total. The zero-order chi connectivity index (χ0) is 26.9. The molecule has 0 saturated carbocycles. The molecule has 0 unspecified atom stereocenters. The van der Waals surface area contributed by atoms with Gasteiger partial charge in [-0.05, 0) is 72.9 Å². The molecule has 1 aromatic heterocycles. The molecule has 4 rings (SSSR count). The summed E-state index contributed by atoms with van der Waals surface area (Å²) in [5, 5.41) is 12.1. The number of carboxylic acid groups (broad SMARTS) is 1. The van der Waals surface area contributed by atoms with E-state index in [2.05, 4.69) is 17.2 Å². The third-order valence-electron chi connectivity index (χ3n) is 6.37. The van der Waals surface area contributed by atoms with Crippen molar-refractivity contribution in [2.75, 3.05) is 6.61 Å². The summed E-state index contributed by atoms with van der Waals surface area (Å²) < 4.78 is 11.8. The van der Waals surface area contributed by atoms with E-state index in [4.69, 9.17) is 14.3 Å². The first-order chi connectivity index (χ1) is 18.4. The molecule has 0 bridgehead atoms. The van der Waals surface area contributed by atoms with Gasteiger partial charge in [-0.3, -0.25) is 9.59 Å². The number of nitrogens with one attached hydrogen (secondary N) is 1. The van der Waals surface area contributed by atoms with Gasteiger partial charge in [0, 0.05) is 30.5 Å². The molecule has 0 spiro atoms. The lowest BCUT2D eigenvalue weighted by molar-refractivity contribution is -0.136. The third kappa shape index (κ3) is 7.09. The van der Waals surface area contributed by atoms with E-state index in [0.29, 0.717) is 36.7 Å². The monoisotopic (exact) mass is 512 g/mol. The molecule has 0 saturated heterocycles. The van der Waals surface area contributed by atoms with Gasteiger partial charge in [0.15, 0.2) is 0 Å². The highest BCUT2D eigenvalue weighted by Gasteiger charge is 2.13. The summed E-state index contributed by atoms with van der Waals surface area (Å²) in [7, 11) is 0. The predicted octanol–water partition coefficient (Wildman–Crippen LogP) is 5.78. The van der Waals surface area contributed by atoms with Gasteiger partial charge in [-0.25, -0.2) is 4.98 Å². The summed E-state index contributed by atoms with van der Waals surface area (Å²) in [6, 6.07) is 22.8. The molecule has 0 aliphatic carbocycles. The number of amides is 1. The van der Waals surface area contributed by atoms with Gasteiger partial charge in [-0.1, -0.05) is 43.3 Å². The minimum atomic E-state index is -0.867. The van der Waals surface area contributed by atoms with Crippen molar-refractivity contribution in [3.63, 3.8) is 0 Å². The number of aryl methyl sites for hydroxylation is 3. The number of carbonyl (C=O) groups is 2. The molecular formula is C31H32N2O5. The summed E-state index contributed by atoms with van der Waals surface area (Å²) in [5.74, 6) is 0.938. The van der Waals surface area contributed by atoms with Crippen molar-refractivity contribution in [2.24, 2.45) is 0 Å². The number of oxazole rings is 1. The standard InChI is InChI=1S/C31H32N2O5/c1-3-22-9-11-24(12-10-22)30(36)32-20-26-19-27(15-13-23(26)14-16-29(34)35)37-18-17-28-21(2)38-31(33-28)25-7-5-4-6-8-25/h4-13,15,19H,3,14,16-18,20H2,1-2H3,(H,32,36)(H,34,35). The van der Waals surface area contributed by atoms with Crippen LogP contribution in [0.4, 0.5) is 0 Å². The van der Waals surface area contributed by atoms with Crippen LogP contribution in [0.2, 0.25) is 0 Å². The average Bonchev–Trinajstić information content (AvgIpc) is 3.31. The lowest BCUT2D eigenvalue weighted by Gasteiger charge is -2.13. The molecule has 7 heteroatoms. The van der Waals surface area contributed by atoms with E-state index in [1.165, 1.54) is 5.56 Å². The van der Waals surface area contributed by atoms with Crippen LogP contribution in [0.1, 0.15) is 51.8 Å². The molecule has 38 heavy (non-hydrogen) atoms. The lowest BCUT2D eigenvalue weighted by Crippen LogP contribution is -2.23. The number of hydrogen-bond acceptors (Lipinski definition) is 5. The SMILES string of the molecule is CCc1ccc(C(=O)NCc2cc(OCCc3nc(-c4ccccc4)oc3C)ccc2CCC(=O)O)cc1. The maximum absolute atomic E-state index is 12.7. The normalized spacial score (nSPS) is 10.8. The quantitative estimate of drug-likeness (QED) is 0.249. The fourth-order valence-corrected chi connectivity index (χ4v) is 4.14. The van der Waals surface area contributed by atoms with Crippen molar-refractivity contribution >= 4 is 11.9 Å². The van der Waals surface area contributed by atoms with Crippen LogP contribution < -0.4 is 10.1 Å². The number of aliphatic carboxylic acids is 1. The molecule has 1 amide bonds. The van der Waals surface area contributed by atoms with Crippen molar-refractivity contribution in [3.05, 3.63) is 107 Å². The largest absolute Gasteiger partial charge is 0.493 e. The molecule has 0 aliphatic rings. The maximum atomic E-state index is 12.7. The molecule has 4 aromatic rings. The fraction of sp³-hybridized carbons (Fsp3) is 0.258. The van der Waals surface area contributed by atoms with E-state index >= 15 is 0 Å². The highest BCUT2D eigenvalue weighted by atomic mass is 16.5. The van der Waals surface area contributed by atoms with E-state index in [0.717, 1.165) is 34.6 Å². The molecule has 196 valence electrons. The number of benzene rings is 3. The van der Waals surface area contributed by atoms with Crippen molar-refractivity contribution in [2.45, 2.75) is 46.1 Å². The number of hydrogen-bond donors (Lipinski definition) is 2. The number of rotatable bonds is 12. The third-order valence-corrected chi connectivity index (χ3v) is 6.37. The molecule has 0 radical (unpaired) electrons. The van der Waals surface area contributed by atoms with Gasteiger partial charge in [0.25, 0.3) is 5.91 Å². The Morgan fingerprint density at radius 2 is 1.74 bits per heavy atom. The number of ether oxygens (including phenoxy) is 1. The molecule has 1 heterocycles. The average molecular weight is 513 g/mol. The number of nitrogens with zero attached hydrogens (tertiary/aromatic N) is 1. The van der Waals surface area contributed by atoms with Crippen LogP contribution in [-0.4, -0.2) is 28.6 Å². The minimum absolute atomic E-state index is 0.00874. The van der Waals surface area contributed by atoms with Crippen LogP contribution in [0, 0.1) is 6.92 Å². The van der Waals surface area contributed by atoms with Crippen LogP contribution in [-0.2, 0) is 30.6 Å². The zero-order valence-corrected chi connectivity index (χ0v) is 21.7. The second-order valence-electron chi connectivity index (χ2n) is 9.04. The molecule has 0 atom stereocenters. The van der Waals surface area contributed by atoms with Gasteiger partial charge in [0.2, 0.25) is 5.89 Å². The van der Waals surface area contributed by atoms with Crippen LogP contribution in [0.3, 0.4) is 0 Å². The first-order valence-electron chi connectivity index (χ1n) is 12.8. The van der Waals surface area contributed by atoms with E-state index in [-0.39, 0.29) is 18.9 Å². The van der Waals surface area contributed by atoms with Crippen molar-refractivity contribution in [1.82, 2.24) is 10.3 Å². The van der Waals surface area contributed by atoms with Gasteiger partial charge in [-0.2, -0.15) is 0 Å². The zero-order valence-electron chi connectivity index (χ0n) is 21.7. The highest BCUT2D eigenvalue weighted by molar-refractivity contribution is 5.94. The van der Waals surface area contributed by atoms with Gasteiger partial charge < -0.3 is 19.6 Å². The van der Waals surface area contributed by atoms with Crippen molar-refractivity contribution in [1.29, 1.82) is 0 Å². The van der Waals surface area contributed by atoms with E-state index in [1.54, 1.807) is 0 Å². The van der Waals surface area contributed by atoms with Gasteiger partial charge in [0.05, 0.1) is 12.3 Å². The Labute approximate surface area is 222 Å². The second kappa shape index (κ2) is 12.7. The Hall–Kier alpha value is -4.39. The number of carbonyl (C=O) groups excluding carboxylic acids is 1. The summed E-state index contributed by atoms with van der Waals surface area (Å²) in [5.41, 5.74) is 5.20. The van der Waals surface area contributed by atoms with Crippen molar-refractivity contribution in [3.8, 4) is 17.2 Å². The van der Waals surface area contributed by atoms with E-state index in [1.807, 2.05) is 79.7 Å². The van der Waals surface area contributed by atoms with Gasteiger partial charge >= 0.3 is 5.97 Å². The van der Waals surface area contributed by atoms with Gasteiger partial charge in [-0.15, -0.1) is 0 Å². The van der Waals surface area contributed by atoms with Crippen LogP contribution >= 0.6 is 0 Å². The second-order valence-corrected chi connectivity index (χ2v) is 9.04. The van der Waals surface area contributed by atoms with Crippen LogP contribution in [0.25, 0.3) is 11.5 Å². The Balaban J connectivity index is 1.41. The van der Waals surface area contributed by atoms with Gasteiger partial charge in [0.1, 0.15) is 11.5 Å². The Kier molecular flexibility index (Phi) is 8.93. The maximum Gasteiger partial charge on any atom is 0.303 e. The molecule has 0 fully saturated rings. The minimum Gasteiger partial charge on any atom is -0.493 e. The Morgan fingerprint density at radius 3 is 2.45 bits per heavy atom. The Bertz CT molecular complexity index is 1380. The Morgan fingerprint density at radius 1 is 0.974 bits per heavy atom.